The number of hydrogen-bond acceptors (Lipinski definition) is 9. The number of hydrogen-bond donors (Lipinski definition) is 4. The van der Waals surface area contributed by atoms with Crippen LogP contribution >= 0.6 is 11.8 Å². The molecule has 0 aliphatic heterocycles. The highest BCUT2D eigenvalue weighted by molar-refractivity contribution is 7.98. The number of nitrogens with two attached hydrogens (primary N) is 1. The number of hydrazine groups is 1. The van der Waals surface area contributed by atoms with Crippen molar-refractivity contribution in [2.75, 3.05) is 37.2 Å². The Kier molecular flexibility index (Phi) is 9.46. The van der Waals surface area contributed by atoms with E-state index in [1.165, 1.54) is 0 Å². The van der Waals surface area contributed by atoms with Gasteiger partial charge < -0.3 is 25.3 Å². The van der Waals surface area contributed by atoms with Gasteiger partial charge in [0.15, 0.2) is 5.82 Å². The van der Waals surface area contributed by atoms with Crippen molar-refractivity contribution in [3.05, 3.63) is 42.0 Å². The second-order valence-corrected chi connectivity index (χ2v) is 8.26. The van der Waals surface area contributed by atoms with Crippen LogP contribution in [0.3, 0.4) is 0 Å². The average molecular weight is 422 g/mol. The number of β-amino-alcohol motifs (C(OH)–C–C–N with tert-alkyl or cyclic N) is 1. The molecule has 0 saturated heterocycles. The van der Waals surface area contributed by atoms with Crippen molar-refractivity contribution in [2.24, 2.45) is 5.84 Å². The highest BCUT2D eigenvalue weighted by Gasteiger charge is 2.20. The van der Waals surface area contributed by atoms with Crippen molar-refractivity contribution in [1.82, 2.24) is 15.5 Å². The molecule has 5 N–H and O–H groups in total. The summed E-state index contributed by atoms with van der Waals surface area (Å²) in [5.74, 6) is 8.00. The minimum atomic E-state index is -0.641. The van der Waals surface area contributed by atoms with Crippen LogP contribution in [0.4, 0.5) is 5.82 Å². The van der Waals surface area contributed by atoms with Crippen molar-refractivity contribution in [2.45, 2.75) is 31.9 Å². The summed E-state index contributed by atoms with van der Waals surface area (Å²) in [6, 6.07) is 11.3. The minimum Gasteiger partial charge on any atom is -0.491 e. The van der Waals surface area contributed by atoms with E-state index in [-0.39, 0.29) is 12.1 Å². The van der Waals surface area contributed by atoms with Crippen molar-refractivity contribution in [3.63, 3.8) is 0 Å². The topological polar surface area (TPSA) is 115 Å². The van der Waals surface area contributed by atoms with Gasteiger partial charge in [0.05, 0.1) is 0 Å². The Bertz CT molecular complexity index is 730. The van der Waals surface area contributed by atoms with Crippen LogP contribution in [0.5, 0.6) is 11.6 Å². The molecular formula is C20H31N5O3S. The summed E-state index contributed by atoms with van der Waals surface area (Å²) in [4.78, 5) is 0. The standard InChI is InChI=1S/C20H31N5O3S/c1-20(2,14-28-19-9-8-18(23-21)24-25-19)22-12-16(26)13-27-17-7-5-4-6-15(17)10-11-29-3/h4-9,16,22,26H,10-14,21H2,1-3H3,(H,23,24). The maximum absolute atomic E-state index is 10.3. The fourth-order valence-corrected chi connectivity index (χ4v) is 2.91. The van der Waals surface area contributed by atoms with Gasteiger partial charge in [0, 0.05) is 18.2 Å². The van der Waals surface area contributed by atoms with Gasteiger partial charge in [0.2, 0.25) is 5.88 Å². The summed E-state index contributed by atoms with van der Waals surface area (Å²) in [5.41, 5.74) is 3.20. The molecule has 0 radical (unpaired) electrons. The number of ether oxygens (including phenoxy) is 2. The van der Waals surface area contributed by atoms with E-state index in [0.29, 0.717) is 24.8 Å². The molecule has 0 aliphatic rings. The number of nitrogen functional groups attached to an aromatic ring is 1. The van der Waals surface area contributed by atoms with E-state index in [4.69, 9.17) is 15.3 Å². The molecule has 8 nitrogen and oxygen atoms in total. The Morgan fingerprint density at radius 2 is 1.97 bits per heavy atom. The first-order chi connectivity index (χ1) is 13.9. The third kappa shape index (κ3) is 8.45. The van der Waals surface area contributed by atoms with E-state index in [0.717, 1.165) is 23.5 Å². The zero-order valence-electron chi connectivity index (χ0n) is 17.2. The molecule has 9 heteroatoms. The third-order valence-corrected chi connectivity index (χ3v) is 4.78. The molecule has 0 fully saturated rings. The van der Waals surface area contributed by atoms with Crippen LogP contribution in [-0.2, 0) is 6.42 Å². The third-order valence-electron chi connectivity index (χ3n) is 4.16. The molecule has 1 aromatic heterocycles. The van der Waals surface area contributed by atoms with Gasteiger partial charge in [-0.1, -0.05) is 18.2 Å². The van der Waals surface area contributed by atoms with Crippen molar-refractivity contribution in [1.29, 1.82) is 0 Å². The van der Waals surface area contributed by atoms with E-state index in [2.05, 4.69) is 33.3 Å². The number of aryl methyl sites for hydroxylation is 1. The summed E-state index contributed by atoms with van der Waals surface area (Å²) >= 11 is 1.80. The predicted octanol–water partition coefficient (Wildman–Crippen LogP) is 1.85. The molecule has 2 rings (SSSR count). The maximum atomic E-state index is 10.3. The lowest BCUT2D eigenvalue weighted by Crippen LogP contribution is -2.48. The minimum absolute atomic E-state index is 0.221. The van der Waals surface area contributed by atoms with E-state index in [1.807, 2.05) is 32.0 Å². The highest BCUT2D eigenvalue weighted by atomic mass is 32.2. The Hall–Kier alpha value is -2.07. The molecule has 1 aromatic carbocycles. The number of aliphatic hydroxyl groups excluding tert-OH is 1. The summed E-state index contributed by atoms with van der Waals surface area (Å²) in [6.07, 6.45) is 2.39. The number of anilines is 1. The van der Waals surface area contributed by atoms with Crippen LogP contribution in [0.25, 0.3) is 0 Å². The number of benzene rings is 1. The molecule has 0 bridgehead atoms. The number of aromatic nitrogens is 2. The van der Waals surface area contributed by atoms with Gasteiger partial charge in [-0.15, -0.1) is 10.2 Å². The summed E-state index contributed by atoms with van der Waals surface area (Å²) in [6.45, 7) is 4.94. The van der Waals surface area contributed by atoms with Crippen molar-refractivity contribution < 1.29 is 14.6 Å². The van der Waals surface area contributed by atoms with Crippen LogP contribution in [-0.4, -0.2) is 58.7 Å². The van der Waals surface area contributed by atoms with Crippen molar-refractivity contribution >= 4 is 17.6 Å². The number of nitrogens with zero attached hydrogens (tertiary/aromatic N) is 2. The van der Waals surface area contributed by atoms with Gasteiger partial charge in [-0.25, -0.2) is 5.84 Å². The lowest BCUT2D eigenvalue weighted by molar-refractivity contribution is 0.0919. The average Bonchev–Trinajstić information content (AvgIpc) is 2.74. The van der Waals surface area contributed by atoms with Gasteiger partial charge in [-0.2, -0.15) is 11.8 Å². The summed E-state index contributed by atoms with van der Waals surface area (Å²) < 4.78 is 11.5. The first-order valence-electron chi connectivity index (χ1n) is 9.49. The molecule has 1 heterocycles. The monoisotopic (exact) mass is 421 g/mol. The van der Waals surface area contributed by atoms with Crippen molar-refractivity contribution in [3.8, 4) is 11.6 Å². The second kappa shape index (κ2) is 11.8. The Morgan fingerprint density at radius 3 is 2.66 bits per heavy atom. The van der Waals surface area contributed by atoms with Crippen LogP contribution in [0.1, 0.15) is 19.4 Å². The van der Waals surface area contributed by atoms with Gasteiger partial charge in [0.1, 0.15) is 25.1 Å². The molecule has 1 atom stereocenters. The fraction of sp³-hybridized carbons (Fsp3) is 0.500. The molecule has 1 unspecified atom stereocenters. The lowest BCUT2D eigenvalue weighted by atomic mass is 10.1. The fourth-order valence-electron chi connectivity index (χ4n) is 2.48. The normalized spacial score (nSPS) is 12.4. The smallest absolute Gasteiger partial charge is 0.233 e. The molecule has 0 saturated carbocycles. The summed E-state index contributed by atoms with van der Waals surface area (Å²) in [7, 11) is 0. The largest absolute Gasteiger partial charge is 0.491 e. The SMILES string of the molecule is CSCCc1ccccc1OCC(O)CNC(C)(C)COc1ccc(NN)nn1. The molecule has 0 amide bonds. The van der Waals surface area contributed by atoms with E-state index in [9.17, 15) is 5.11 Å². The van der Waals surface area contributed by atoms with E-state index >= 15 is 0 Å². The quantitative estimate of drug-likeness (QED) is 0.284. The zero-order valence-corrected chi connectivity index (χ0v) is 18.0. The predicted molar refractivity (Wildman–Crippen MR) is 117 cm³/mol. The van der Waals surface area contributed by atoms with E-state index < -0.39 is 6.10 Å². The van der Waals surface area contributed by atoms with Gasteiger partial charge in [-0.3, -0.25) is 0 Å². The number of rotatable bonds is 13. The first kappa shape index (κ1) is 23.2. The van der Waals surface area contributed by atoms with Gasteiger partial charge in [0.25, 0.3) is 0 Å². The first-order valence-corrected chi connectivity index (χ1v) is 10.9. The number of thioether (sulfide) groups is 1. The van der Waals surface area contributed by atoms with Crippen LogP contribution in [0, 0.1) is 0 Å². The Morgan fingerprint density at radius 1 is 1.17 bits per heavy atom. The Labute approximate surface area is 176 Å². The summed E-state index contributed by atoms with van der Waals surface area (Å²) in [5, 5.41) is 21.4. The molecule has 0 aliphatic carbocycles. The number of para-hydroxylation sites is 1. The van der Waals surface area contributed by atoms with Crippen LogP contribution in [0.2, 0.25) is 0 Å². The van der Waals surface area contributed by atoms with Crippen LogP contribution in [0.15, 0.2) is 36.4 Å². The Balaban J connectivity index is 1.75. The van der Waals surface area contributed by atoms with Gasteiger partial charge >= 0.3 is 0 Å². The lowest BCUT2D eigenvalue weighted by Gasteiger charge is -2.27. The molecule has 0 spiro atoms. The zero-order chi connectivity index (χ0) is 21.1. The molecule has 29 heavy (non-hydrogen) atoms. The van der Waals surface area contributed by atoms with Gasteiger partial charge in [-0.05, 0) is 50.0 Å². The highest BCUT2D eigenvalue weighted by Crippen LogP contribution is 2.20. The second-order valence-electron chi connectivity index (χ2n) is 7.27. The maximum Gasteiger partial charge on any atom is 0.233 e. The molecule has 2 aromatic rings. The van der Waals surface area contributed by atoms with Crippen LogP contribution < -0.4 is 26.1 Å². The number of aliphatic hydroxyl groups is 1. The molecular weight excluding hydrogens is 390 g/mol. The molecule has 160 valence electrons. The van der Waals surface area contributed by atoms with E-state index in [1.54, 1.807) is 23.9 Å². The number of nitrogens with one attached hydrogen (secondary N) is 2.